The standard InChI is InChI=1S/C23H30N6O3/c1-18-15-20(27-9-5-6-10-27)26-22(25-18)29-13-11-28(12-14-29)21(30)16-24-23(31)32-17-19-7-3-2-4-8-19/h2-4,7-8,15H,5-6,9-14,16-17H2,1H3,(H,24,31). The van der Waals surface area contributed by atoms with E-state index in [1.165, 1.54) is 12.8 Å². The molecule has 1 N–H and O–H groups in total. The highest BCUT2D eigenvalue weighted by atomic mass is 16.5. The quantitative estimate of drug-likeness (QED) is 0.737. The first-order chi connectivity index (χ1) is 15.6. The van der Waals surface area contributed by atoms with Crippen molar-refractivity contribution in [1.29, 1.82) is 0 Å². The molecular weight excluding hydrogens is 408 g/mol. The molecule has 2 aromatic rings. The van der Waals surface area contributed by atoms with Crippen molar-refractivity contribution >= 4 is 23.8 Å². The van der Waals surface area contributed by atoms with E-state index in [0.717, 1.165) is 36.1 Å². The highest BCUT2D eigenvalue weighted by Gasteiger charge is 2.24. The van der Waals surface area contributed by atoms with Gasteiger partial charge in [0.2, 0.25) is 11.9 Å². The third-order valence-electron chi connectivity index (χ3n) is 5.77. The van der Waals surface area contributed by atoms with Gasteiger partial charge in [0.25, 0.3) is 0 Å². The van der Waals surface area contributed by atoms with Gasteiger partial charge in [0.05, 0.1) is 0 Å². The second kappa shape index (κ2) is 10.3. The first kappa shape index (κ1) is 21.9. The molecule has 4 rings (SSSR count). The molecule has 32 heavy (non-hydrogen) atoms. The molecule has 0 unspecified atom stereocenters. The van der Waals surface area contributed by atoms with Crippen LogP contribution in [0.5, 0.6) is 0 Å². The lowest BCUT2D eigenvalue weighted by Gasteiger charge is -2.35. The molecule has 0 aliphatic carbocycles. The van der Waals surface area contributed by atoms with Crippen LogP contribution in [0, 0.1) is 6.92 Å². The molecule has 0 radical (unpaired) electrons. The van der Waals surface area contributed by atoms with Crippen LogP contribution in [-0.2, 0) is 16.1 Å². The molecule has 2 aliphatic rings. The first-order valence-electron chi connectivity index (χ1n) is 11.2. The predicted molar refractivity (Wildman–Crippen MR) is 122 cm³/mol. The predicted octanol–water partition coefficient (Wildman–Crippen LogP) is 1.96. The van der Waals surface area contributed by atoms with Gasteiger partial charge in [0, 0.05) is 51.0 Å². The van der Waals surface area contributed by atoms with Crippen LogP contribution in [0.3, 0.4) is 0 Å². The van der Waals surface area contributed by atoms with E-state index in [0.29, 0.717) is 26.2 Å². The number of piperazine rings is 1. The molecule has 0 saturated carbocycles. The van der Waals surface area contributed by atoms with E-state index in [1.807, 2.05) is 43.3 Å². The van der Waals surface area contributed by atoms with Crippen LogP contribution in [-0.4, -0.2) is 72.7 Å². The summed E-state index contributed by atoms with van der Waals surface area (Å²) in [5.41, 5.74) is 1.85. The third-order valence-corrected chi connectivity index (χ3v) is 5.77. The van der Waals surface area contributed by atoms with Gasteiger partial charge in [0.1, 0.15) is 19.0 Å². The van der Waals surface area contributed by atoms with Crippen LogP contribution < -0.4 is 15.1 Å². The summed E-state index contributed by atoms with van der Waals surface area (Å²) in [6.45, 7) is 6.63. The van der Waals surface area contributed by atoms with E-state index >= 15 is 0 Å². The molecule has 1 aromatic heterocycles. The van der Waals surface area contributed by atoms with Crippen molar-refractivity contribution in [3.05, 3.63) is 47.7 Å². The van der Waals surface area contributed by atoms with Gasteiger partial charge in [-0.3, -0.25) is 4.79 Å². The number of aromatic nitrogens is 2. The van der Waals surface area contributed by atoms with Crippen LogP contribution in [0.1, 0.15) is 24.1 Å². The number of hydrogen-bond donors (Lipinski definition) is 1. The molecule has 9 nitrogen and oxygen atoms in total. The molecule has 9 heteroatoms. The number of aryl methyl sites for hydroxylation is 1. The van der Waals surface area contributed by atoms with Crippen LogP contribution in [0.25, 0.3) is 0 Å². The van der Waals surface area contributed by atoms with Gasteiger partial charge in [0.15, 0.2) is 0 Å². The van der Waals surface area contributed by atoms with E-state index in [1.54, 1.807) is 4.90 Å². The highest BCUT2D eigenvalue weighted by molar-refractivity contribution is 5.82. The average molecular weight is 439 g/mol. The summed E-state index contributed by atoms with van der Waals surface area (Å²) in [5, 5.41) is 2.54. The Hall–Kier alpha value is -3.36. The second-order valence-electron chi connectivity index (χ2n) is 8.14. The van der Waals surface area contributed by atoms with Crippen molar-refractivity contribution in [2.75, 3.05) is 55.6 Å². The van der Waals surface area contributed by atoms with Crippen LogP contribution in [0.15, 0.2) is 36.4 Å². The molecule has 170 valence electrons. The summed E-state index contributed by atoms with van der Waals surface area (Å²) in [6.07, 6.45) is 1.81. The number of carbonyl (C=O) groups excluding carboxylic acids is 2. The number of amides is 2. The molecule has 2 fully saturated rings. The minimum absolute atomic E-state index is 0.0757. The fourth-order valence-corrected chi connectivity index (χ4v) is 3.98. The number of alkyl carbamates (subject to hydrolysis) is 1. The fraction of sp³-hybridized carbons (Fsp3) is 0.478. The number of benzene rings is 1. The second-order valence-corrected chi connectivity index (χ2v) is 8.14. The zero-order valence-electron chi connectivity index (χ0n) is 18.5. The third kappa shape index (κ3) is 5.66. The van der Waals surface area contributed by atoms with Crippen molar-refractivity contribution in [2.45, 2.75) is 26.4 Å². The van der Waals surface area contributed by atoms with Gasteiger partial charge in [-0.15, -0.1) is 0 Å². The number of nitrogens with zero attached hydrogens (tertiary/aromatic N) is 5. The minimum atomic E-state index is -0.594. The molecule has 0 atom stereocenters. The summed E-state index contributed by atoms with van der Waals surface area (Å²) in [5.74, 6) is 1.59. The number of ether oxygens (including phenoxy) is 1. The largest absolute Gasteiger partial charge is 0.445 e. The monoisotopic (exact) mass is 438 g/mol. The Morgan fingerprint density at radius 3 is 2.41 bits per heavy atom. The fourth-order valence-electron chi connectivity index (χ4n) is 3.98. The lowest BCUT2D eigenvalue weighted by molar-refractivity contribution is -0.130. The summed E-state index contributed by atoms with van der Waals surface area (Å²) >= 11 is 0. The van der Waals surface area contributed by atoms with Crippen molar-refractivity contribution in [3.63, 3.8) is 0 Å². The molecule has 2 aliphatic heterocycles. The van der Waals surface area contributed by atoms with Gasteiger partial charge in [-0.05, 0) is 25.3 Å². The number of carbonyl (C=O) groups is 2. The summed E-state index contributed by atoms with van der Waals surface area (Å²) in [4.78, 5) is 40.0. The molecule has 0 spiro atoms. The molecule has 0 bridgehead atoms. The van der Waals surface area contributed by atoms with E-state index in [2.05, 4.69) is 20.1 Å². The lowest BCUT2D eigenvalue weighted by Crippen LogP contribution is -2.51. The maximum atomic E-state index is 12.5. The van der Waals surface area contributed by atoms with Gasteiger partial charge >= 0.3 is 6.09 Å². The zero-order valence-corrected chi connectivity index (χ0v) is 18.5. The van der Waals surface area contributed by atoms with E-state index in [4.69, 9.17) is 9.72 Å². The van der Waals surface area contributed by atoms with Crippen LogP contribution >= 0.6 is 0 Å². The molecule has 2 saturated heterocycles. The number of rotatable bonds is 6. The lowest BCUT2D eigenvalue weighted by atomic mass is 10.2. The summed E-state index contributed by atoms with van der Waals surface area (Å²) in [6, 6.07) is 11.5. The average Bonchev–Trinajstić information content (AvgIpc) is 3.37. The molecular formula is C23H30N6O3. The van der Waals surface area contributed by atoms with Gasteiger partial charge in [-0.2, -0.15) is 4.98 Å². The molecule has 2 amide bonds. The Kier molecular flexibility index (Phi) is 7.03. The Balaban J connectivity index is 1.23. The van der Waals surface area contributed by atoms with Crippen molar-refractivity contribution in [1.82, 2.24) is 20.2 Å². The number of nitrogens with one attached hydrogen (secondary N) is 1. The van der Waals surface area contributed by atoms with Crippen molar-refractivity contribution in [2.24, 2.45) is 0 Å². The van der Waals surface area contributed by atoms with Gasteiger partial charge < -0.3 is 24.8 Å². The van der Waals surface area contributed by atoms with E-state index in [-0.39, 0.29) is 19.1 Å². The van der Waals surface area contributed by atoms with E-state index in [9.17, 15) is 9.59 Å². The smallest absolute Gasteiger partial charge is 0.407 e. The van der Waals surface area contributed by atoms with Gasteiger partial charge in [-0.25, -0.2) is 9.78 Å². The Labute approximate surface area is 188 Å². The summed E-state index contributed by atoms with van der Waals surface area (Å²) in [7, 11) is 0. The summed E-state index contributed by atoms with van der Waals surface area (Å²) < 4.78 is 5.16. The normalized spacial score (nSPS) is 16.2. The van der Waals surface area contributed by atoms with Crippen molar-refractivity contribution < 1.29 is 14.3 Å². The van der Waals surface area contributed by atoms with Crippen molar-refractivity contribution in [3.8, 4) is 0 Å². The number of hydrogen-bond acceptors (Lipinski definition) is 7. The topological polar surface area (TPSA) is 90.9 Å². The van der Waals surface area contributed by atoms with Gasteiger partial charge in [-0.1, -0.05) is 30.3 Å². The van der Waals surface area contributed by atoms with E-state index < -0.39 is 6.09 Å². The van der Waals surface area contributed by atoms with Crippen LogP contribution in [0.2, 0.25) is 0 Å². The SMILES string of the molecule is Cc1cc(N2CCCC2)nc(N2CCN(C(=O)CNC(=O)OCc3ccccc3)CC2)n1. The molecule has 1 aromatic carbocycles. The number of anilines is 2. The minimum Gasteiger partial charge on any atom is -0.445 e. The Morgan fingerprint density at radius 2 is 1.69 bits per heavy atom. The Morgan fingerprint density at radius 1 is 0.969 bits per heavy atom. The van der Waals surface area contributed by atoms with Crippen LogP contribution in [0.4, 0.5) is 16.6 Å². The zero-order chi connectivity index (χ0) is 22.3. The Bertz CT molecular complexity index is 925. The highest BCUT2D eigenvalue weighted by Crippen LogP contribution is 2.22. The molecule has 3 heterocycles. The maximum Gasteiger partial charge on any atom is 0.407 e. The first-order valence-corrected chi connectivity index (χ1v) is 11.2. The maximum absolute atomic E-state index is 12.5.